The Morgan fingerprint density at radius 1 is 1.27 bits per heavy atom. The fourth-order valence-corrected chi connectivity index (χ4v) is 1.53. The van der Waals surface area contributed by atoms with Crippen molar-refractivity contribution >= 4 is 0 Å². The van der Waals surface area contributed by atoms with Crippen LogP contribution < -0.4 is 0 Å². The van der Waals surface area contributed by atoms with Gasteiger partial charge in [-0.1, -0.05) is 6.07 Å². The van der Waals surface area contributed by atoms with Gasteiger partial charge in [0.05, 0.1) is 18.2 Å². The predicted molar refractivity (Wildman–Crippen MR) is 56.2 cm³/mol. The molecule has 15 heavy (non-hydrogen) atoms. The summed E-state index contributed by atoms with van der Waals surface area (Å²) in [6, 6.07) is 1.92. The Kier molecular flexibility index (Phi) is 2.51. The average Bonchev–Trinajstić information content (AvgIpc) is 2.63. The lowest BCUT2D eigenvalue weighted by Crippen LogP contribution is -2.05. The monoisotopic (exact) mass is 203 g/mol. The van der Waals surface area contributed by atoms with Gasteiger partial charge in [-0.3, -0.25) is 4.98 Å². The molecule has 2 aromatic heterocycles. The van der Waals surface area contributed by atoms with Gasteiger partial charge in [0.1, 0.15) is 6.10 Å². The van der Waals surface area contributed by atoms with Crippen LogP contribution in [0.1, 0.15) is 22.9 Å². The topological polar surface area (TPSA) is 50.9 Å². The maximum atomic E-state index is 10.1. The van der Waals surface area contributed by atoms with Gasteiger partial charge in [0, 0.05) is 25.0 Å². The van der Waals surface area contributed by atoms with E-state index in [1.165, 1.54) is 0 Å². The van der Waals surface area contributed by atoms with Gasteiger partial charge in [-0.15, -0.1) is 0 Å². The highest BCUT2D eigenvalue weighted by Gasteiger charge is 2.13. The second-order valence-electron chi connectivity index (χ2n) is 3.63. The van der Waals surface area contributed by atoms with Gasteiger partial charge in [0.2, 0.25) is 0 Å². The van der Waals surface area contributed by atoms with Crippen molar-refractivity contribution < 1.29 is 5.11 Å². The molecule has 0 aromatic carbocycles. The summed E-state index contributed by atoms with van der Waals surface area (Å²) in [5.74, 6) is 0. The largest absolute Gasteiger partial charge is 0.382 e. The van der Waals surface area contributed by atoms with E-state index in [9.17, 15) is 5.11 Å². The van der Waals surface area contributed by atoms with Crippen LogP contribution in [0.4, 0.5) is 0 Å². The van der Waals surface area contributed by atoms with Gasteiger partial charge >= 0.3 is 0 Å². The lowest BCUT2D eigenvalue weighted by Gasteiger charge is -2.11. The number of hydrogen-bond donors (Lipinski definition) is 1. The van der Waals surface area contributed by atoms with E-state index in [1.807, 2.05) is 20.0 Å². The molecule has 0 aliphatic carbocycles. The second kappa shape index (κ2) is 3.82. The van der Waals surface area contributed by atoms with E-state index < -0.39 is 6.10 Å². The van der Waals surface area contributed by atoms with Gasteiger partial charge in [-0.25, -0.2) is 4.98 Å². The van der Waals surface area contributed by atoms with Crippen molar-refractivity contribution in [2.75, 3.05) is 0 Å². The third kappa shape index (κ3) is 1.89. The van der Waals surface area contributed by atoms with Crippen LogP contribution in [0.2, 0.25) is 0 Å². The fraction of sp³-hybridized carbons (Fsp3) is 0.273. The van der Waals surface area contributed by atoms with E-state index in [-0.39, 0.29) is 0 Å². The summed E-state index contributed by atoms with van der Waals surface area (Å²) in [5.41, 5.74) is 2.59. The first-order valence-corrected chi connectivity index (χ1v) is 4.74. The van der Waals surface area contributed by atoms with E-state index in [0.717, 1.165) is 16.8 Å². The average molecular weight is 203 g/mol. The number of nitrogens with zero attached hydrogens (tertiary/aromatic N) is 3. The third-order valence-corrected chi connectivity index (χ3v) is 2.35. The van der Waals surface area contributed by atoms with Crippen molar-refractivity contribution in [2.24, 2.45) is 7.05 Å². The highest BCUT2D eigenvalue weighted by molar-refractivity contribution is 5.25. The third-order valence-electron chi connectivity index (χ3n) is 2.35. The quantitative estimate of drug-likeness (QED) is 0.798. The Hall–Kier alpha value is -1.68. The van der Waals surface area contributed by atoms with Crippen molar-refractivity contribution in [1.29, 1.82) is 0 Å². The Bertz CT molecular complexity index is 464. The number of rotatable bonds is 2. The number of imidazole rings is 1. The summed E-state index contributed by atoms with van der Waals surface area (Å²) in [4.78, 5) is 8.03. The molecule has 2 rings (SSSR count). The van der Waals surface area contributed by atoms with Gasteiger partial charge in [0.25, 0.3) is 0 Å². The lowest BCUT2D eigenvalue weighted by atomic mass is 10.1. The minimum atomic E-state index is -0.662. The van der Waals surface area contributed by atoms with Gasteiger partial charge in [0.15, 0.2) is 0 Å². The molecule has 0 aliphatic rings. The smallest absolute Gasteiger partial charge is 0.122 e. The van der Waals surface area contributed by atoms with Crippen LogP contribution in [-0.4, -0.2) is 19.6 Å². The molecule has 2 heterocycles. The molecule has 0 spiro atoms. The zero-order valence-corrected chi connectivity index (χ0v) is 8.75. The summed E-state index contributed by atoms with van der Waals surface area (Å²) in [6.45, 7) is 1.95. The van der Waals surface area contributed by atoms with Crippen LogP contribution in [-0.2, 0) is 7.05 Å². The van der Waals surface area contributed by atoms with Gasteiger partial charge < -0.3 is 9.67 Å². The predicted octanol–water partition coefficient (Wildman–Crippen LogP) is 1.21. The van der Waals surface area contributed by atoms with Gasteiger partial charge in [-0.2, -0.15) is 0 Å². The van der Waals surface area contributed by atoms with E-state index >= 15 is 0 Å². The Balaban J connectivity index is 2.36. The fourth-order valence-electron chi connectivity index (χ4n) is 1.53. The number of pyridine rings is 1. The molecular formula is C11H13N3O. The molecule has 1 unspecified atom stereocenters. The molecule has 0 amide bonds. The van der Waals surface area contributed by atoms with Crippen molar-refractivity contribution in [3.05, 3.63) is 47.8 Å². The zero-order chi connectivity index (χ0) is 10.8. The summed E-state index contributed by atoms with van der Waals surface area (Å²) < 4.78 is 1.80. The van der Waals surface area contributed by atoms with Gasteiger partial charge in [-0.05, 0) is 12.5 Å². The minimum absolute atomic E-state index is 0.662. The van der Waals surface area contributed by atoms with Crippen molar-refractivity contribution in [3.63, 3.8) is 0 Å². The van der Waals surface area contributed by atoms with Crippen LogP contribution in [0.3, 0.4) is 0 Å². The van der Waals surface area contributed by atoms with E-state index in [4.69, 9.17) is 0 Å². The SMILES string of the molecule is Cc1cncc(C(O)c2cncn2C)c1. The van der Waals surface area contributed by atoms with E-state index in [2.05, 4.69) is 9.97 Å². The van der Waals surface area contributed by atoms with Crippen LogP contribution in [0.25, 0.3) is 0 Å². The minimum Gasteiger partial charge on any atom is -0.382 e. The van der Waals surface area contributed by atoms with Crippen LogP contribution in [0.15, 0.2) is 31.0 Å². The first-order valence-electron chi connectivity index (χ1n) is 4.74. The standard InChI is InChI=1S/C11H13N3O/c1-8-3-9(5-12-4-8)11(15)10-6-13-7-14(10)2/h3-7,11,15H,1-2H3. The Morgan fingerprint density at radius 3 is 2.67 bits per heavy atom. The maximum absolute atomic E-state index is 10.1. The summed E-state index contributed by atoms with van der Waals surface area (Å²) in [5, 5.41) is 10.1. The van der Waals surface area contributed by atoms with Crippen LogP contribution in [0, 0.1) is 6.92 Å². The normalized spacial score (nSPS) is 12.7. The molecule has 4 heteroatoms. The molecular weight excluding hydrogens is 190 g/mol. The van der Waals surface area contributed by atoms with Crippen molar-refractivity contribution in [1.82, 2.24) is 14.5 Å². The molecule has 1 atom stereocenters. The van der Waals surface area contributed by atoms with Crippen molar-refractivity contribution in [3.8, 4) is 0 Å². The summed E-state index contributed by atoms with van der Waals surface area (Å²) in [7, 11) is 1.86. The first-order chi connectivity index (χ1) is 7.18. The van der Waals surface area contributed by atoms with Crippen molar-refractivity contribution in [2.45, 2.75) is 13.0 Å². The lowest BCUT2D eigenvalue weighted by molar-refractivity contribution is 0.211. The molecule has 0 saturated heterocycles. The molecule has 78 valence electrons. The van der Waals surface area contributed by atoms with E-state index in [1.54, 1.807) is 29.5 Å². The van der Waals surface area contributed by atoms with Crippen LogP contribution in [0.5, 0.6) is 0 Å². The number of aryl methyl sites for hydroxylation is 2. The molecule has 0 radical (unpaired) electrons. The summed E-state index contributed by atoms with van der Waals surface area (Å²) >= 11 is 0. The Morgan fingerprint density at radius 2 is 2.07 bits per heavy atom. The number of hydrogen-bond acceptors (Lipinski definition) is 3. The summed E-state index contributed by atoms with van der Waals surface area (Å²) in [6.07, 6.45) is 6.10. The van der Waals surface area contributed by atoms with E-state index in [0.29, 0.717) is 0 Å². The van der Waals surface area contributed by atoms with Crippen LogP contribution >= 0.6 is 0 Å². The maximum Gasteiger partial charge on any atom is 0.122 e. The number of aliphatic hydroxyl groups excluding tert-OH is 1. The molecule has 0 saturated carbocycles. The first kappa shape index (κ1) is 9.86. The molecule has 1 N–H and O–H groups in total. The molecule has 0 fully saturated rings. The number of aromatic nitrogens is 3. The zero-order valence-electron chi connectivity index (χ0n) is 8.75. The highest BCUT2D eigenvalue weighted by Crippen LogP contribution is 2.20. The number of aliphatic hydroxyl groups is 1. The molecule has 2 aromatic rings. The molecule has 0 bridgehead atoms. The highest BCUT2D eigenvalue weighted by atomic mass is 16.3. The second-order valence-corrected chi connectivity index (χ2v) is 3.63. The molecule has 0 aliphatic heterocycles. The Labute approximate surface area is 88.2 Å². The molecule has 4 nitrogen and oxygen atoms in total.